The molecule has 104 valence electrons. The summed E-state index contributed by atoms with van der Waals surface area (Å²) in [7, 11) is 0. The molecule has 1 saturated heterocycles. The highest BCUT2D eigenvalue weighted by atomic mass is 16.5. The van der Waals surface area contributed by atoms with Gasteiger partial charge in [-0.15, -0.1) is 0 Å². The fourth-order valence-electron chi connectivity index (χ4n) is 3.44. The van der Waals surface area contributed by atoms with Gasteiger partial charge in [0.15, 0.2) is 0 Å². The lowest BCUT2D eigenvalue weighted by Crippen LogP contribution is -2.49. The van der Waals surface area contributed by atoms with Crippen molar-refractivity contribution in [3.05, 3.63) is 29.8 Å². The molecule has 2 aliphatic heterocycles. The molecule has 3 rings (SSSR count). The fraction of sp³-hybridized carbons (Fsp3) is 0.625. The van der Waals surface area contributed by atoms with Crippen LogP contribution < -0.4 is 10.6 Å². The summed E-state index contributed by atoms with van der Waals surface area (Å²) in [6, 6.07) is 8.80. The molecule has 0 aromatic heterocycles. The molecular weight excluding hydrogens is 236 g/mol. The van der Waals surface area contributed by atoms with Gasteiger partial charge in [0.25, 0.3) is 0 Å². The average molecular weight is 260 g/mol. The van der Waals surface area contributed by atoms with Gasteiger partial charge in [0.05, 0.1) is 6.61 Å². The first-order chi connectivity index (χ1) is 9.33. The quantitative estimate of drug-likeness (QED) is 0.905. The standard InChI is InChI=1S/C16H24N2O/c17-11-16(8-4-10-19-13-16)12-18-9-3-6-14-5-1-2-7-15(14)18/h1-2,5,7H,3-4,6,8-13,17H2. The van der Waals surface area contributed by atoms with Crippen molar-refractivity contribution in [2.45, 2.75) is 25.7 Å². The molecule has 1 aromatic carbocycles. The van der Waals surface area contributed by atoms with E-state index in [1.807, 2.05) is 0 Å². The van der Waals surface area contributed by atoms with Gasteiger partial charge in [0.1, 0.15) is 0 Å². The Morgan fingerprint density at radius 3 is 2.95 bits per heavy atom. The predicted octanol–water partition coefficient (Wildman–Crippen LogP) is 2.19. The Balaban J connectivity index is 1.79. The summed E-state index contributed by atoms with van der Waals surface area (Å²) in [5.74, 6) is 0. The number of para-hydroxylation sites is 1. The lowest BCUT2D eigenvalue weighted by atomic mass is 9.81. The molecule has 19 heavy (non-hydrogen) atoms. The van der Waals surface area contributed by atoms with Crippen molar-refractivity contribution >= 4 is 5.69 Å². The van der Waals surface area contributed by atoms with Gasteiger partial charge in [-0.05, 0) is 37.3 Å². The van der Waals surface area contributed by atoms with Crippen LogP contribution in [0.4, 0.5) is 5.69 Å². The van der Waals surface area contributed by atoms with Gasteiger partial charge in [-0.25, -0.2) is 0 Å². The Kier molecular flexibility index (Phi) is 3.76. The molecule has 0 saturated carbocycles. The van der Waals surface area contributed by atoms with E-state index in [2.05, 4.69) is 29.2 Å². The van der Waals surface area contributed by atoms with Crippen molar-refractivity contribution in [2.24, 2.45) is 11.1 Å². The first-order valence-electron chi connectivity index (χ1n) is 7.44. The molecule has 3 heteroatoms. The number of benzene rings is 1. The summed E-state index contributed by atoms with van der Waals surface area (Å²) < 4.78 is 5.70. The molecule has 0 bridgehead atoms. The molecule has 1 aromatic rings. The highest BCUT2D eigenvalue weighted by Gasteiger charge is 2.34. The van der Waals surface area contributed by atoms with Crippen LogP contribution in [0.25, 0.3) is 0 Å². The second kappa shape index (κ2) is 5.51. The normalized spacial score (nSPS) is 27.1. The minimum atomic E-state index is 0.155. The van der Waals surface area contributed by atoms with Crippen molar-refractivity contribution in [3.63, 3.8) is 0 Å². The number of anilines is 1. The van der Waals surface area contributed by atoms with Crippen LogP contribution in [0.1, 0.15) is 24.8 Å². The zero-order chi connectivity index (χ0) is 13.1. The number of fused-ring (bicyclic) bond motifs is 1. The van der Waals surface area contributed by atoms with Crippen molar-refractivity contribution in [1.29, 1.82) is 0 Å². The molecule has 0 amide bonds. The molecule has 2 aliphatic rings. The maximum atomic E-state index is 6.07. The summed E-state index contributed by atoms with van der Waals surface area (Å²) in [5.41, 5.74) is 9.12. The topological polar surface area (TPSA) is 38.5 Å². The van der Waals surface area contributed by atoms with Crippen LogP contribution >= 0.6 is 0 Å². The Bertz CT molecular complexity index is 427. The third-order valence-electron chi connectivity index (χ3n) is 4.57. The van der Waals surface area contributed by atoms with Gasteiger partial charge >= 0.3 is 0 Å². The molecule has 1 fully saturated rings. The fourth-order valence-corrected chi connectivity index (χ4v) is 3.44. The monoisotopic (exact) mass is 260 g/mol. The maximum absolute atomic E-state index is 6.07. The molecular formula is C16H24N2O. The van der Waals surface area contributed by atoms with E-state index < -0.39 is 0 Å². The van der Waals surface area contributed by atoms with Crippen LogP contribution in [0.15, 0.2) is 24.3 Å². The van der Waals surface area contributed by atoms with E-state index >= 15 is 0 Å². The van der Waals surface area contributed by atoms with Crippen LogP contribution in [-0.2, 0) is 11.2 Å². The maximum Gasteiger partial charge on any atom is 0.0551 e. The predicted molar refractivity (Wildman–Crippen MR) is 78.5 cm³/mol. The molecule has 2 N–H and O–H groups in total. The second-order valence-electron chi connectivity index (χ2n) is 6.01. The lowest BCUT2D eigenvalue weighted by molar-refractivity contribution is 0.00106. The third-order valence-corrected chi connectivity index (χ3v) is 4.57. The molecule has 1 atom stereocenters. The Morgan fingerprint density at radius 1 is 1.26 bits per heavy atom. The van der Waals surface area contributed by atoms with Crippen LogP contribution in [0.5, 0.6) is 0 Å². The van der Waals surface area contributed by atoms with Crippen molar-refractivity contribution in [1.82, 2.24) is 0 Å². The van der Waals surface area contributed by atoms with Crippen LogP contribution in [0, 0.1) is 5.41 Å². The van der Waals surface area contributed by atoms with Crippen LogP contribution in [0.2, 0.25) is 0 Å². The highest BCUT2D eigenvalue weighted by Crippen LogP contribution is 2.33. The zero-order valence-corrected chi connectivity index (χ0v) is 11.6. The van der Waals surface area contributed by atoms with Crippen LogP contribution in [-0.4, -0.2) is 32.8 Å². The molecule has 1 unspecified atom stereocenters. The van der Waals surface area contributed by atoms with E-state index in [9.17, 15) is 0 Å². The SMILES string of the molecule is NCC1(CN2CCCc3ccccc32)CCCOC1. The molecule has 0 spiro atoms. The minimum Gasteiger partial charge on any atom is -0.381 e. The molecule has 0 aliphatic carbocycles. The summed E-state index contributed by atoms with van der Waals surface area (Å²) in [5, 5.41) is 0. The van der Waals surface area contributed by atoms with Gasteiger partial charge in [-0.1, -0.05) is 18.2 Å². The Labute approximate surface area is 115 Å². The van der Waals surface area contributed by atoms with Gasteiger partial charge in [0, 0.05) is 37.3 Å². The first kappa shape index (κ1) is 12.9. The minimum absolute atomic E-state index is 0.155. The highest BCUT2D eigenvalue weighted by molar-refractivity contribution is 5.55. The number of aryl methyl sites for hydroxylation is 1. The number of nitrogens with two attached hydrogens (primary N) is 1. The number of ether oxygens (including phenoxy) is 1. The summed E-state index contributed by atoms with van der Waals surface area (Å²) in [4.78, 5) is 2.53. The Hall–Kier alpha value is -1.06. The number of hydrogen-bond donors (Lipinski definition) is 1. The average Bonchev–Trinajstić information content (AvgIpc) is 2.49. The van der Waals surface area contributed by atoms with Gasteiger partial charge in [-0.3, -0.25) is 0 Å². The van der Waals surface area contributed by atoms with Gasteiger partial charge in [-0.2, -0.15) is 0 Å². The smallest absolute Gasteiger partial charge is 0.0551 e. The molecule has 0 radical (unpaired) electrons. The summed E-state index contributed by atoms with van der Waals surface area (Å²) in [6.45, 7) is 4.64. The summed E-state index contributed by atoms with van der Waals surface area (Å²) in [6.07, 6.45) is 4.80. The van der Waals surface area contributed by atoms with E-state index in [4.69, 9.17) is 10.5 Å². The van der Waals surface area contributed by atoms with Crippen molar-refractivity contribution in [2.75, 3.05) is 37.7 Å². The van der Waals surface area contributed by atoms with E-state index in [1.54, 1.807) is 0 Å². The van der Waals surface area contributed by atoms with Crippen LogP contribution in [0.3, 0.4) is 0 Å². The Morgan fingerprint density at radius 2 is 2.16 bits per heavy atom. The van der Waals surface area contributed by atoms with Crippen molar-refractivity contribution in [3.8, 4) is 0 Å². The second-order valence-corrected chi connectivity index (χ2v) is 6.01. The zero-order valence-electron chi connectivity index (χ0n) is 11.6. The van der Waals surface area contributed by atoms with E-state index in [0.717, 1.165) is 39.3 Å². The number of nitrogens with zero attached hydrogens (tertiary/aromatic N) is 1. The van der Waals surface area contributed by atoms with Gasteiger partial charge in [0.2, 0.25) is 0 Å². The lowest BCUT2D eigenvalue weighted by Gasteiger charge is -2.42. The first-order valence-corrected chi connectivity index (χ1v) is 7.44. The molecule has 2 heterocycles. The third kappa shape index (κ3) is 2.63. The summed E-state index contributed by atoms with van der Waals surface area (Å²) >= 11 is 0. The van der Waals surface area contributed by atoms with E-state index in [1.165, 1.54) is 30.5 Å². The largest absolute Gasteiger partial charge is 0.381 e. The van der Waals surface area contributed by atoms with Gasteiger partial charge < -0.3 is 15.4 Å². The number of rotatable bonds is 3. The van der Waals surface area contributed by atoms with E-state index in [-0.39, 0.29) is 5.41 Å². The molecule has 3 nitrogen and oxygen atoms in total. The van der Waals surface area contributed by atoms with Crippen molar-refractivity contribution < 1.29 is 4.74 Å². The number of hydrogen-bond acceptors (Lipinski definition) is 3. The van der Waals surface area contributed by atoms with E-state index in [0.29, 0.717) is 0 Å².